The molecular weight excluding hydrogens is 119 g/mol. The summed E-state index contributed by atoms with van der Waals surface area (Å²) in [6, 6.07) is 0. The van der Waals surface area contributed by atoms with Crippen molar-refractivity contribution in [1.29, 1.82) is 0 Å². The molecule has 0 aromatic carbocycles. The second kappa shape index (κ2) is 2.09. The van der Waals surface area contributed by atoms with Gasteiger partial charge in [-0.25, -0.2) is 4.98 Å². The quantitative estimate of drug-likeness (QED) is 0.522. The van der Waals surface area contributed by atoms with Gasteiger partial charge in [0.1, 0.15) is 0 Å². The van der Waals surface area contributed by atoms with Crippen LogP contribution in [0.15, 0.2) is 6.20 Å². The normalized spacial score (nSPS) is 9.67. The molecule has 9 heavy (non-hydrogen) atoms. The third kappa shape index (κ3) is 1.22. The molecule has 1 rings (SSSR count). The van der Waals surface area contributed by atoms with Crippen molar-refractivity contribution < 1.29 is 4.39 Å². The van der Waals surface area contributed by atoms with Crippen molar-refractivity contribution in [2.45, 2.75) is 13.8 Å². The van der Waals surface area contributed by atoms with Gasteiger partial charge in [-0.3, -0.25) is 4.98 Å². The first-order valence-electron chi connectivity index (χ1n) is 2.66. The summed E-state index contributed by atoms with van der Waals surface area (Å²) in [6.45, 7) is 3.52. The molecule has 0 saturated heterocycles. The fourth-order valence-electron chi connectivity index (χ4n) is 0.513. The molecule has 0 aliphatic heterocycles. The first-order valence-corrected chi connectivity index (χ1v) is 2.66. The molecule has 1 aromatic rings. The summed E-state index contributed by atoms with van der Waals surface area (Å²) in [5.41, 5.74) is 1.42. The van der Waals surface area contributed by atoms with Crippen molar-refractivity contribution >= 4 is 0 Å². The summed E-state index contributed by atoms with van der Waals surface area (Å²) in [5.74, 6) is -0.516. The number of hydrogen-bond acceptors (Lipinski definition) is 2. The first-order chi connectivity index (χ1) is 4.20. The SMILES string of the molecule is Cc1ncc(F)nc1C. The van der Waals surface area contributed by atoms with E-state index in [9.17, 15) is 4.39 Å². The highest BCUT2D eigenvalue weighted by Gasteiger charge is 1.95. The zero-order chi connectivity index (χ0) is 6.85. The van der Waals surface area contributed by atoms with Crippen LogP contribution < -0.4 is 0 Å². The van der Waals surface area contributed by atoms with Crippen molar-refractivity contribution in [3.8, 4) is 0 Å². The van der Waals surface area contributed by atoms with Gasteiger partial charge in [-0.15, -0.1) is 0 Å². The Hall–Kier alpha value is -0.990. The number of aryl methyl sites for hydroxylation is 2. The Bertz CT molecular complexity index is 222. The zero-order valence-corrected chi connectivity index (χ0v) is 5.35. The van der Waals surface area contributed by atoms with Gasteiger partial charge >= 0.3 is 0 Å². The number of aromatic nitrogens is 2. The Morgan fingerprint density at radius 1 is 1.33 bits per heavy atom. The number of hydrogen-bond donors (Lipinski definition) is 0. The van der Waals surface area contributed by atoms with Crippen LogP contribution in [0.2, 0.25) is 0 Å². The van der Waals surface area contributed by atoms with Crippen LogP contribution in [0, 0.1) is 19.8 Å². The molecule has 0 amide bonds. The minimum absolute atomic E-state index is 0.516. The highest BCUT2D eigenvalue weighted by atomic mass is 19.1. The molecule has 1 heterocycles. The van der Waals surface area contributed by atoms with E-state index in [0.29, 0.717) is 5.69 Å². The van der Waals surface area contributed by atoms with Gasteiger partial charge in [0.25, 0.3) is 0 Å². The van der Waals surface area contributed by atoms with Crippen LogP contribution in [0.4, 0.5) is 4.39 Å². The van der Waals surface area contributed by atoms with E-state index in [4.69, 9.17) is 0 Å². The average molecular weight is 126 g/mol. The third-order valence-corrected chi connectivity index (χ3v) is 1.16. The fraction of sp³-hybridized carbons (Fsp3) is 0.333. The molecule has 0 spiro atoms. The zero-order valence-electron chi connectivity index (χ0n) is 5.35. The van der Waals surface area contributed by atoms with Gasteiger partial charge in [0.05, 0.1) is 17.6 Å². The smallest absolute Gasteiger partial charge is 0.231 e. The van der Waals surface area contributed by atoms with E-state index >= 15 is 0 Å². The number of rotatable bonds is 0. The maximum atomic E-state index is 12.2. The minimum atomic E-state index is -0.516. The molecule has 2 nitrogen and oxygen atoms in total. The summed E-state index contributed by atoms with van der Waals surface area (Å²) in [7, 11) is 0. The van der Waals surface area contributed by atoms with Crippen molar-refractivity contribution in [2.75, 3.05) is 0 Å². The van der Waals surface area contributed by atoms with Crippen LogP contribution in [0.5, 0.6) is 0 Å². The van der Waals surface area contributed by atoms with Crippen molar-refractivity contribution in [3.63, 3.8) is 0 Å². The van der Waals surface area contributed by atoms with Gasteiger partial charge in [0.2, 0.25) is 5.95 Å². The highest BCUT2D eigenvalue weighted by Crippen LogP contribution is 1.97. The molecular formula is C6H7FN2. The van der Waals surface area contributed by atoms with Gasteiger partial charge in [-0.05, 0) is 13.8 Å². The topological polar surface area (TPSA) is 25.8 Å². The minimum Gasteiger partial charge on any atom is -0.255 e. The summed E-state index contributed by atoms with van der Waals surface area (Å²) in [6.07, 6.45) is 1.11. The van der Waals surface area contributed by atoms with Gasteiger partial charge in [-0.1, -0.05) is 0 Å². The molecule has 0 fully saturated rings. The lowest BCUT2D eigenvalue weighted by Gasteiger charge is -1.94. The Morgan fingerprint density at radius 3 is 2.44 bits per heavy atom. The monoisotopic (exact) mass is 126 g/mol. The molecule has 0 unspecified atom stereocenters. The first kappa shape index (κ1) is 6.13. The molecule has 3 heteroatoms. The van der Waals surface area contributed by atoms with Crippen molar-refractivity contribution in [2.24, 2.45) is 0 Å². The molecule has 0 aliphatic rings. The van der Waals surface area contributed by atoms with Crippen LogP contribution >= 0.6 is 0 Å². The van der Waals surface area contributed by atoms with E-state index < -0.39 is 5.95 Å². The maximum Gasteiger partial charge on any atom is 0.231 e. The largest absolute Gasteiger partial charge is 0.255 e. The number of halogens is 1. The molecule has 0 N–H and O–H groups in total. The van der Waals surface area contributed by atoms with Crippen LogP contribution in [-0.2, 0) is 0 Å². The predicted molar refractivity (Wildman–Crippen MR) is 31.5 cm³/mol. The maximum absolute atomic E-state index is 12.2. The van der Waals surface area contributed by atoms with E-state index in [2.05, 4.69) is 9.97 Å². The molecule has 1 aromatic heterocycles. The summed E-state index contributed by atoms with van der Waals surface area (Å²) in [4.78, 5) is 7.28. The Morgan fingerprint density at radius 2 is 2.00 bits per heavy atom. The van der Waals surface area contributed by atoms with Gasteiger partial charge in [0.15, 0.2) is 0 Å². The van der Waals surface area contributed by atoms with Crippen LogP contribution in [0.1, 0.15) is 11.4 Å². The summed E-state index contributed by atoms with van der Waals surface area (Å²) < 4.78 is 12.2. The van der Waals surface area contributed by atoms with Gasteiger partial charge < -0.3 is 0 Å². The van der Waals surface area contributed by atoms with E-state index in [1.165, 1.54) is 0 Å². The van der Waals surface area contributed by atoms with Gasteiger partial charge in [0, 0.05) is 0 Å². The lowest BCUT2D eigenvalue weighted by atomic mass is 10.4. The summed E-state index contributed by atoms with van der Waals surface area (Å²) >= 11 is 0. The van der Waals surface area contributed by atoms with E-state index in [1.807, 2.05) is 0 Å². The lowest BCUT2D eigenvalue weighted by Crippen LogP contribution is -1.93. The molecule has 48 valence electrons. The second-order valence-corrected chi connectivity index (χ2v) is 1.86. The van der Waals surface area contributed by atoms with Crippen LogP contribution in [0.3, 0.4) is 0 Å². The molecule has 0 atom stereocenters. The van der Waals surface area contributed by atoms with Crippen molar-refractivity contribution in [1.82, 2.24) is 9.97 Å². The van der Waals surface area contributed by atoms with Crippen LogP contribution in [-0.4, -0.2) is 9.97 Å². The standard InChI is InChI=1S/C6H7FN2/c1-4-5(2)9-6(7)3-8-4/h3H,1-2H3. The lowest BCUT2D eigenvalue weighted by molar-refractivity contribution is 0.570. The molecule has 0 bridgehead atoms. The highest BCUT2D eigenvalue weighted by molar-refractivity contribution is 5.05. The van der Waals surface area contributed by atoms with E-state index in [1.54, 1.807) is 13.8 Å². The molecule has 0 saturated carbocycles. The van der Waals surface area contributed by atoms with Crippen LogP contribution in [0.25, 0.3) is 0 Å². The Kier molecular flexibility index (Phi) is 1.42. The van der Waals surface area contributed by atoms with Gasteiger partial charge in [-0.2, -0.15) is 4.39 Å². The molecule has 0 radical (unpaired) electrons. The van der Waals surface area contributed by atoms with E-state index in [-0.39, 0.29) is 0 Å². The summed E-state index contributed by atoms with van der Waals surface area (Å²) in [5, 5.41) is 0. The number of nitrogens with zero attached hydrogens (tertiary/aromatic N) is 2. The Balaban J connectivity index is 3.17. The van der Waals surface area contributed by atoms with Crippen molar-refractivity contribution in [3.05, 3.63) is 23.5 Å². The average Bonchev–Trinajstić information content (AvgIpc) is 1.80. The predicted octanol–water partition coefficient (Wildman–Crippen LogP) is 1.23. The molecule has 0 aliphatic carbocycles. The fourth-order valence-corrected chi connectivity index (χ4v) is 0.513. The Labute approximate surface area is 52.8 Å². The second-order valence-electron chi connectivity index (χ2n) is 1.86. The third-order valence-electron chi connectivity index (χ3n) is 1.16. The van der Waals surface area contributed by atoms with E-state index in [0.717, 1.165) is 11.9 Å².